The van der Waals surface area contributed by atoms with Crippen molar-refractivity contribution in [3.63, 3.8) is 0 Å². The Morgan fingerprint density at radius 3 is 1.95 bits per heavy atom. The monoisotopic (exact) mass is 279 g/mol. The average molecular weight is 279 g/mol. The van der Waals surface area contributed by atoms with E-state index in [1.54, 1.807) is 6.20 Å². The standard InChI is InChI=1S/C16H29N3O/c1-12(2)9-19(10-13(3)4)11-14(8-17)15(20)18-16(5,6)7/h11-13H,9-10H2,1-7H3,(H,18,20)/b14-11-. The Morgan fingerprint density at radius 2 is 1.65 bits per heavy atom. The number of hydrogen-bond donors (Lipinski definition) is 1. The molecule has 0 unspecified atom stereocenters. The van der Waals surface area contributed by atoms with Gasteiger partial charge in [-0.05, 0) is 32.6 Å². The van der Waals surface area contributed by atoms with E-state index < -0.39 is 0 Å². The third-order valence-corrected chi connectivity index (χ3v) is 2.36. The molecule has 0 aliphatic rings. The van der Waals surface area contributed by atoms with Gasteiger partial charge in [-0.1, -0.05) is 27.7 Å². The molecule has 0 saturated carbocycles. The number of rotatable bonds is 6. The smallest absolute Gasteiger partial charge is 0.263 e. The summed E-state index contributed by atoms with van der Waals surface area (Å²) in [6.45, 7) is 15.9. The van der Waals surface area contributed by atoms with E-state index in [2.05, 4.69) is 37.9 Å². The minimum absolute atomic E-state index is 0.168. The molecular formula is C16H29N3O. The quantitative estimate of drug-likeness (QED) is 0.601. The zero-order valence-corrected chi connectivity index (χ0v) is 13.9. The van der Waals surface area contributed by atoms with Crippen LogP contribution < -0.4 is 5.32 Å². The third-order valence-electron chi connectivity index (χ3n) is 2.36. The first kappa shape index (κ1) is 18.5. The molecule has 114 valence electrons. The van der Waals surface area contributed by atoms with Crippen molar-refractivity contribution in [2.45, 2.75) is 54.0 Å². The second-order valence-corrected chi connectivity index (χ2v) is 7.10. The van der Waals surface area contributed by atoms with Gasteiger partial charge >= 0.3 is 0 Å². The fourth-order valence-electron chi connectivity index (χ4n) is 1.85. The van der Waals surface area contributed by atoms with Gasteiger partial charge in [0.25, 0.3) is 5.91 Å². The van der Waals surface area contributed by atoms with Crippen LogP contribution in [0.3, 0.4) is 0 Å². The fraction of sp³-hybridized carbons (Fsp3) is 0.750. The van der Waals surface area contributed by atoms with Crippen molar-refractivity contribution < 1.29 is 4.79 Å². The van der Waals surface area contributed by atoms with Crippen LogP contribution in [0.15, 0.2) is 11.8 Å². The number of nitriles is 1. The van der Waals surface area contributed by atoms with Crippen molar-refractivity contribution in [1.29, 1.82) is 5.26 Å². The summed E-state index contributed by atoms with van der Waals surface area (Å²) < 4.78 is 0. The lowest BCUT2D eigenvalue weighted by molar-refractivity contribution is -0.118. The van der Waals surface area contributed by atoms with E-state index in [1.165, 1.54) is 0 Å². The summed E-state index contributed by atoms with van der Waals surface area (Å²) in [6, 6.07) is 2.01. The molecule has 0 saturated heterocycles. The molecule has 0 spiro atoms. The molecule has 0 rings (SSSR count). The molecule has 0 aliphatic heterocycles. The Morgan fingerprint density at radius 1 is 1.20 bits per heavy atom. The third kappa shape index (κ3) is 8.58. The summed E-state index contributed by atoms with van der Waals surface area (Å²) in [5.41, 5.74) is -0.172. The van der Waals surface area contributed by atoms with Gasteiger partial charge < -0.3 is 10.2 Å². The Balaban J connectivity index is 5.05. The normalized spacial score (nSPS) is 12.5. The minimum atomic E-state index is -0.339. The molecule has 0 aromatic carbocycles. The number of amides is 1. The van der Waals surface area contributed by atoms with E-state index in [4.69, 9.17) is 0 Å². The maximum atomic E-state index is 12.1. The first-order valence-corrected chi connectivity index (χ1v) is 7.23. The van der Waals surface area contributed by atoms with E-state index in [0.717, 1.165) is 13.1 Å². The Bertz CT molecular complexity index is 374. The van der Waals surface area contributed by atoms with Gasteiger partial charge in [0.1, 0.15) is 11.6 Å². The highest BCUT2D eigenvalue weighted by Gasteiger charge is 2.18. The van der Waals surface area contributed by atoms with Gasteiger partial charge in [0, 0.05) is 24.8 Å². The molecule has 20 heavy (non-hydrogen) atoms. The maximum absolute atomic E-state index is 12.1. The zero-order chi connectivity index (χ0) is 15.9. The number of nitrogens with zero attached hydrogens (tertiary/aromatic N) is 2. The van der Waals surface area contributed by atoms with Gasteiger partial charge in [0.15, 0.2) is 0 Å². The van der Waals surface area contributed by atoms with E-state index in [-0.39, 0.29) is 17.0 Å². The molecule has 0 atom stereocenters. The SMILES string of the molecule is CC(C)CN(/C=C(/C#N)C(=O)NC(C)(C)C)CC(C)C. The van der Waals surface area contributed by atoms with Crippen molar-refractivity contribution in [2.24, 2.45) is 11.8 Å². The van der Waals surface area contributed by atoms with E-state index in [0.29, 0.717) is 11.8 Å². The highest BCUT2D eigenvalue weighted by atomic mass is 16.1. The van der Waals surface area contributed by atoms with Crippen LogP contribution in [-0.2, 0) is 4.79 Å². The van der Waals surface area contributed by atoms with Crippen molar-refractivity contribution in [3.8, 4) is 6.07 Å². The Labute approximate surface area is 123 Å². The fourth-order valence-corrected chi connectivity index (χ4v) is 1.85. The topological polar surface area (TPSA) is 56.1 Å². The van der Waals surface area contributed by atoms with E-state index >= 15 is 0 Å². The maximum Gasteiger partial charge on any atom is 0.263 e. The van der Waals surface area contributed by atoms with E-state index in [1.807, 2.05) is 26.8 Å². The first-order chi connectivity index (χ1) is 9.05. The molecule has 0 aliphatic carbocycles. The van der Waals surface area contributed by atoms with Gasteiger partial charge in [-0.15, -0.1) is 0 Å². The number of hydrogen-bond acceptors (Lipinski definition) is 3. The number of carbonyl (C=O) groups is 1. The van der Waals surface area contributed by atoms with Crippen molar-refractivity contribution in [1.82, 2.24) is 10.2 Å². The van der Waals surface area contributed by atoms with Crippen molar-refractivity contribution >= 4 is 5.91 Å². The van der Waals surface area contributed by atoms with Crippen LogP contribution in [-0.4, -0.2) is 29.4 Å². The van der Waals surface area contributed by atoms with Crippen LogP contribution in [0.2, 0.25) is 0 Å². The van der Waals surface area contributed by atoms with Gasteiger partial charge in [0.05, 0.1) is 0 Å². The summed E-state index contributed by atoms with van der Waals surface area (Å²) in [4.78, 5) is 14.1. The van der Waals surface area contributed by atoms with Crippen molar-refractivity contribution in [2.75, 3.05) is 13.1 Å². The Kier molecular flexibility index (Phi) is 7.34. The molecule has 0 heterocycles. The summed E-state index contributed by atoms with van der Waals surface area (Å²) in [5.74, 6) is 0.656. The summed E-state index contributed by atoms with van der Waals surface area (Å²) in [6.07, 6.45) is 1.70. The molecule has 1 N–H and O–H groups in total. The lowest BCUT2D eigenvalue weighted by Crippen LogP contribution is -2.41. The van der Waals surface area contributed by atoms with Crippen LogP contribution in [0.5, 0.6) is 0 Å². The lowest BCUT2D eigenvalue weighted by Gasteiger charge is -2.26. The molecule has 0 fully saturated rings. The van der Waals surface area contributed by atoms with Gasteiger partial charge in [-0.25, -0.2) is 0 Å². The molecule has 4 nitrogen and oxygen atoms in total. The highest BCUT2D eigenvalue weighted by molar-refractivity contribution is 5.97. The van der Waals surface area contributed by atoms with Gasteiger partial charge in [-0.2, -0.15) is 5.26 Å². The molecule has 0 bridgehead atoms. The summed E-state index contributed by atoms with van der Waals surface area (Å²) in [5, 5.41) is 12.0. The molecule has 0 aromatic heterocycles. The average Bonchev–Trinajstić information content (AvgIpc) is 2.21. The predicted octanol–water partition coefficient (Wildman–Crippen LogP) is 2.92. The van der Waals surface area contributed by atoms with Crippen LogP contribution in [0.25, 0.3) is 0 Å². The molecular weight excluding hydrogens is 250 g/mol. The molecule has 0 radical (unpaired) electrons. The lowest BCUT2D eigenvalue weighted by atomic mass is 10.1. The number of carbonyl (C=O) groups excluding carboxylic acids is 1. The predicted molar refractivity (Wildman–Crippen MR) is 82.8 cm³/mol. The first-order valence-electron chi connectivity index (χ1n) is 7.23. The van der Waals surface area contributed by atoms with Crippen LogP contribution in [0.4, 0.5) is 0 Å². The van der Waals surface area contributed by atoms with Crippen LogP contribution in [0, 0.1) is 23.2 Å². The minimum Gasteiger partial charge on any atom is -0.376 e. The second-order valence-electron chi connectivity index (χ2n) is 7.10. The number of nitrogens with one attached hydrogen (secondary N) is 1. The molecule has 0 aromatic rings. The molecule has 1 amide bonds. The van der Waals surface area contributed by atoms with Crippen LogP contribution in [0.1, 0.15) is 48.5 Å². The molecule has 4 heteroatoms. The Hall–Kier alpha value is -1.50. The highest BCUT2D eigenvalue weighted by Crippen LogP contribution is 2.08. The van der Waals surface area contributed by atoms with Gasteiger partial charge in [-0.3, -0.25) is 4.79 Å². The zero-order valence-electron chi connectivity index (χ0n) is 13.9. The summed E-state index contributed by atoms with van der Waals surface area (Å²) in [7, 11) is 0. The van der Waals surface area contributed by atoms with Crippen molar-refractivity contribution in [3.05, 3.63) is 11.8 Å². The van der Waals surface area contributed by atoms with Crippen LogP contribution >= 0.6 is 0 Å². The summed E-state index contributed by atoms with van der Waals surface area (Å²) >= 11 is 0. The second kappa shape index (κ2) is 7.94. The van der Waals surface area contributed by atoms with E-state index in [9.17, 15) is 10.1 Å². The van der Waals surface area contributed by atoms with Gasteiger partial charge in [0.2, 0.25) is 0 Å². The largest absolute Gasteiger partial charge is 0.376 e.